The highest BCUT2D eigenvalue weighted by atomic mass is 16.5. The maximum atomic E-state index is 5.82. The molecule has 0 spiro atoms. The quantitative estimate of drug-likeness (QED) is 0.621. The van der Waals surface area contributed by atoms with Gasteiger partial charge >= 0.3 is 0 Å². The van der Waals surface area contributed by atoms with Crippen molar-refractivity contribution in [2.24, 2.45) is 5.41 Å². The predicted molar refractivity (Wildman–Crippen MR) is 74.4 cm³/mol. The average Bonchev–Trinajstić information content (AvgIpc) is 2.35. The SMILES string of the molecule is CCCCCCNC1CC(OCC)C1(C)CC. The zero-order valence-electron chi connectivity index (χ0n) is 12.2. The molecule has 0 bridgehead atoms. The van der Waals surface area contributed by atoms with E-state index in [1.807, 2.05) is 0 Å². The fourth-order valence-electron chi connectivity index (χ4n) is 2.89. The number of unbranched alkanes of at least 4 members (excludes halogenated alkanes) is 3. The lowest BCUT2D eigenvalue weighted by atomic mass is 9.61. The summed E-state index contributed by atoms with van der Waals surface area (Å²) in [6.45, 7) is 11.1. The van der Waals surface area contributed by atoms with Gasteiger partial charge in [0.05, 0.1) is 6.10 Å². The Balaban J connectivity index is 2.21. The van der Waals surface area contributed by atoms with Crippen LogP contribution in [0.1, 0.15) is 66.2 Å². The third-order valence-electron chi connectivity index (χ3n) is 4.53. The van der Waals surface area contributed by atoms with Crippen molar-refractivity contribution in [2.45, 2.75) is 78.4 Å². The molecule has 3 unspecified atom stereocenters. The largest absolute Gasteiger partial charge is 0.378 e. The van der Waals surface area contributed by atoms with Gasteiger partial charge in [0.25, 0.3) is 0 Å². The second kappa shape index (κ2) is 7.38. The summed E-state index contributed by atoms with van der Waals surface area (Å²) in [4.78, 5) is 0. The van der Waals surface area contributed by atoms with Crippen LogP contribution in [0.2, 0.25) is 0 Å². The number of rotatable bonds is 9. The molecule has 0 aromatic carbocycles. The summed E-state index contributed by atoms with van der Waals surface area (Å²) in [5.74, 6) is 0. The molecule has 1 N–H and O–H groups in total. The van der Waals surface area contributed by atoms with Crippen molar-refractivity contribution >= 4 is 0 Å². The molecule has 1 fully saturated rings. The average molecular weight is 241 g/mol. The molecular formula is C15H31NO. The van der Waals surface area contributed by atoms with E-state index in [1.54, 1.807) is 0 Å². The smallest absolute Gasteiger partial charge is 0.0658 e. The second-order valence-corrected chi connectivity index (χ2v) is 5.61. The van der Waals surface area contributed by atoms with Crippen molar-refractivity contribution in [3.05, 3.63) is 0 Å². The van der Waals surface area contributed by atoms with Crippen LogP contribution in [-0.2, 0) is 4.74 Å². The first kappa shape index (κ1) is 15.0. The molecule has 102 valence electrons. The van der Waals surface area contributed by atoms with Crippen LogP contribution in [0.3, 0.4) is 0 Å². The number of hydrogen-bond donors (Lipinski definition) is 1. The summed E-state index contributed by atoms with van der Waals surface area (Å²) >= 11 is 0. The minimum absolute atomic E-state index is 0.362. The fraction of sp³-hybridized carbons (Fsp3) is 1.00. The van der Waals surface area contributed by atoms with Gasteiger partial charge < -0.3 is 10.1 Å². The summed E-state index contributed by atoms with van der Waals surface area (Å²) in [5.41, 5.74) is 0.362. The molecule has 0 amide bonds. The van der Waals surface area contributed by atoms with Crippen molar-refractivity contribution in [1.82, 2.24) is 5.32 Å². The van der Waals surface area contributed by atoms with Gasteiger partial charge in [0.2, 0.25) is 0 Å². The van der Waals surface area contributed by atoms with Gasteiger partial charge in [-0.1, -0.05) is 40.0 Å². The number of nitrogens with one attached hydrogen (secondary N) is 1. The molecular weight excluding hydrogens is 210 g/mol. The summed E-state index contributed by atoms with van der Waals surface area (Å²) in [5, 5.41) is 3.73. The van der Waals surface area contributed by atoms with Gasteiger partial charge in [-0.25, -0.2) is 0 Å². The van der Waals surface area contributed by atoms with Gasteiger partial charge in [-0.05, 0) is 32.7 Å². The normalized spacial score (nSPS) is 32.5. The van der Waals surface area contributed by atoms with Crippen molar-refractivity contribution in [3.63, 3.8) is 0 Å². The van der Waals surface area contributed by atoms with E-state index in [9.17, 15) is 0 Å². The summed E-state index contributed by atoms with van der Waals surface area (Å²) in [6, 6.07) is 0.672. The van der Waals surface area contributed by atoms with Gasteiger partial charge in [0.15, 0.2) is 0 Å². The summed E-state index contributed by atoms with van der Waals surface area (Å²) < 4.78 is 5.82. The Labute approximate surface area is 108 Å². The van der Waals surface area contributed by atoms with E-state index < -0.39 is 0 Å². The zero-order chi connectivity index (χ0) is 12.7. The highest BCUT2D eigenvalue weighted by Gasteiger charge is 2.50. The van der Waals surface area contributed by atoms with Gasteiger partial charge in [0.1, 0.15) is 0 Å². The van der Waals surface area contributed by atoms with Crippen LogP contribution in [0.25, 0.3) is 0 Å². The molecule has 2 heteroatoms. The van der Waals surface area contributed by atoms with E-state index in [0.29, 0.717) is 17.6 Å². The van der Waals surface area contributed by atoms with E-state index in [0.717, 1.165) is 6.61 Å². The van der Waals surface area contributed by atoms with E-state index in [-0.39, 0.29) is 0 Å². The molecule has 0 heterocycles. The highest BCUT2D eigenvalue weighted by Crippen LogP contribution is 2.45. The molecule has 0 aromatic rings. The molecule has 17 heavy (non-hydrogen) atoms. The molecule has 3 atom stereocenters. The Bertz CT molecular complexity index is 207. The van der Waals surface area contributed by atoms with Crippen LogP contribution in [0.15, 0.2) is 0 Å². The lowest BCUT2D eigenvalue weighted by Gasteiger charge is -2.53. The van der Waals surface area contributed by atoms with Crippen LogP contribution in [0, 0.1) is 5.41 Å². The van der Waals surface area contributed by atoms with Crippen LogP contribution < -0.4 is 5.32 Å². The second-order valence-electron chi connectivity index (χ2n) is 5.61. The lowest BCUT2D eigenvalue weighted by molar-refractivity contribution is -0.125. The van der Waals surface area contributed by atoms with Crippen LogP contribution in [0.4, 0.5) is 0 Å². The van der Waals surface area contributed by atoms with Crippen molar-refractivity contribution < 1.29 is 4.74 Å². The van der Waals surface area contributed by atoms with Gasteiger partial charge in [0, 0.05) is 18.1 Å². The molecule has 0 saturated heterocycles. The van der Waals surface area contributed by atoms with Crippen LogP contribution >= 0.6 is 0 Å². The third kappa shape index (κ3) is 3.69. The molecule has 0 aromatic heterocycles. The standard InChI is InChI=1S/C15H31NO/c1-5-8-9-10-11-16-13-12-14(17-7-3)15(13,4)6-2/h13-14,16H,5-12H2,1-4H3. The minimum Gasteiger partial charge on any atom is -0.378 e. The van der Waals surface area contributed by atoms with Crippen LogP contribution in [-0.4, -0.2) is 25.3 Å². The van der Waals surface area contributed by atoms with Gasteiger partial charge in [-0.15, -0.1) is 0 Å². The molecule has 1 saturated carbocycles. The predicted octanol–water partition coefficient (Wildman–Crippen LogP) is 3.75. The van der Waals surface area contributed by atoms with Gasteiger partial charge in [-0.3, -0.25) is 0 Å². The van der Waals surface area contributed by atoms with E-state index in [2.05, 4.69) is 33.0 Å². The Hall–Kier alpha value is -0.0800. The Morgan fingerprint density at radius 3 is 2.53 bits per heavy atom. The Kier molecular flexibility index (Phi) is 6.50. The molecule has 1 rings (SSSR count). The Morgan fingerprint density at radius 2 is 1.94 bits per heavy atom. The van der Waals surface area contributed by atoms with Crippen molar-refractivity contribution in [2.75, 3.05) is 13.2 Å². The topological polar surface area (TPSA) is 21.3 Å². The number of hydrogen-bond acceptors (Lipinski definition) is 2. The first-order chi connectivity index (χ1) is 8.19. The van der Waals surface area contributed by atoms with E-state index in [1.165, 1.54) is 45.1 Å². The lowest BCUT2D eigenvalue weighted by Crippen LogP contribution is -2.62. The van der Waals surface area contributed by atoms with Crippen molar-refractivity contribution in [1.29, 1.82) is 0 Å². The monoisotopic (exact) mass is 241 g/mol. The first-order valence-electron chi connectivity index (χ1n) is 7.54. The molecule has 1 aliphatic rings. The molecule has 0 aliphatic heterocycles. The minimum atomic E-state index is 0.362. The maximum Gasteiger partial charge on any atom is 0.0658 e. The zero-order valence-corrected chi connectivity index (χ0v) is 12.2. The van der Waals surface area contributed by atoms with Crippen molar-refractivity contribution in [3.8, 4) is 0 Å². The molecule has 2 nitrogen and oxygen atoms in total. The Morgan fingerprint density at radius 1 is 1.18 bits per heavy atom. The first-order valence-corrected chi connectivity index (χ1v) is 7.54. The van der Waals surface area contributed by atoms with E-state index in [4.69, 9.17) is 4.74 Å². The van der Waals surface area contributed by atoms with Crippen LogP contribution in [0.5, 0.6) is 0 Å². The summed E-state index contributed by atoms with van der Waals surface area (Å²) in [7, 11) is 0. The fourth-order valence-corrected chi connectivity index (χ4v) is 2.89. The summed E-state index contributed by atoms with van der Waals surface area (Å²) in [6.07, 6.45) is 8.28. The maximum absolute atomic E-state index is 5.82. The third-order valence-corrected chi connectivity index (χ3v) is 4.53. The van der Waals surface area contributed by atoms with E-state index >= 15 is 0 Å². The number of ether oxygens (including phenoxy) is 1. The molecule has 1 aliphatic carbocycles. The van der Waals surface area contributed by atoms with Gasteiger partial charge in [-0.2, -0.15) is 0 Å². The highest BCUT2D eigenvalue weighted by molar-refractivity contribution is 5.04. The molecule has 0 radical (unpaired) electrons.